The molecule has 1 nitrogen and oxygen atoms in total. The minimum absolute atomic E-state index is 0.0656. The largest absolute Gasteiger partial charge is 0.339 e. The highest BCUT2D eigenvalue weighted by atomic mass is 28.2. The van der Waals surface area contributed by atoms with Crippen LogP contribution in [-0.2, 0) is 0 Å². The van der Waals surface area contributed by atoms with Gasteiger partial charge in [0.1, 0.15) is 0 Å². The van der Waals surface area contributed by atoms with Gasteiger partial charge in [0, 0.05) is 0 Å². The van der Waals surface area contributed by atoms with Crippen molar-refractivity contribution in [2.45, 2.75) is 71.4 Å². The zero-order valence-corrected chi connectivity index (χ0v) is 13.6. The van der Waals surface area contributed by atoms with Crippen molar-refractivity contribution in [2.75, 3.05) is 0 Å². The molecule has 0 aromatic carbocycles. The van der Waals surface area contributed by atoms with Crippen LogP contribution in [0.5, 0.6) is 0 Å². The summed E-state index contributed by atoms with van der Waals surface area (Å²) in [6.45, 7) is 9.96. The smallest absolute Gasteiger partial charge is 0.0955 e. The van der Waals surface area contributed by atoms with Gasteiger partial charge in [-0.3, -0.25) is 0 Å². The Kier molecular flexibility index (Phi) is 4.70. The van der Waals surface area contributed by atoms with Gasteiger partial charge in [-0.15, -0.1) is 0 Å². The van der Waals surface area contributed by atoms with Crippen LogP contribution in [0.3, 0.4) is 0 Å². The number of nitrogens with one attached hydrogen (secondary N) is 1. The molecule has 0 spiro atoms. The number of rotatable bonds is 3. The van der Waals surface area contributed by atoms with E-state index in [0.29, 0.717) is 0 Å². The fourth-order valence-corrected chi connectivity index (χ4v) is 6.81. The van der Waals surface area contributed by atoms with Crippen molar-refractivity contribution in [2.24, 2.45) is 23.7 Å². The Bertz CT molecular complexity index is 223. The highest BCUT2D eigenvalue weighted by Crippen LogP contribution is 2.48. The molecule has 0 aliphatic heterocycles. The maximum absolute atomic E-state index is 4.00. The van der Waals surface area contributed by atoms with Crippen LogP contribution < -0.4 is 4.98 Å². The lowest BCUT2D eigenvalue weighted by molar-refractivity contribution is 0.352. The Morgan fingerprint density at radius 1 is 0.765 bits per heavy atom. The monoisotopic (exact) mass is 253 g/mol. The second kappa shape index (κ2) is 5.88. The van der Waals surface area contributed by atoms with Crippen LogP contribution in [0.25, 0.3) is 0 Å². The Morgan fingerprint density at radius 2 is 1.29 bits per heavy atom. The van der Waals surface area contributed by atoms with E-state index in [1.165, 1.54) is 32.1 Å². The summed E-state index contributed by atoms with van der Waals surface area (Å²) in [6.07, 6.45) is 7.31. The third kappa shape index (κ3) is 2.95. The van der Waals surface area contributed by atoms with Gasteiger partial charge in [-0.2, -0.15) is 0 Å². The second-order valence-electron chi connectivity index (χ2n) is 6.84. The Balaban J connectivity index is 1.82. The molecule has 2 fully saturated rings. The van der Waals surface area contributed by atoms with Gasteiger partial charge in [0.2, 0.25) is 0 Å². The van der Waals surface area contributed by atoms with E-state index < -0.39 is 0 Å². The molecular formula is C15H31NSi. The van der Waals surface area contributed by atoms with Crippen molar-refractivity contribution in [1.29, 1.82) is 0 Å². The topological polar surface area (TPSA) is 12.0 Å². The van der Waals surface area contributed by atoms with Crippen LogP contribution >= 0.6 is 0 Å². The van der Waals surface area contributed by atoms with Crippen LogP contribution in [0, 0.1) is 23.7 Å². The van der Waals surface area contributed by atoms with Crippen molar-refractivity contribution in [3.63, 3.8) is 0 Å². The normalized spacial score (nSPS) is 44.8. The highest BCUT2D eigenvalue weighted by Gasteiger charge is 2.41. The summed E-state index contributed by atoms with van der Waals surface area (Å²) in [4.78, 5) is 4.00. The first-order valence-corrected chi connectivity index (χ1v) is 9.37. The van der Waals surface area contributed by atoms with Crippen LogP contribution in [0.1, 0.15) is 59.8 Å². The molecule has 0 bridgehead atoms. The summed E-state index contributed by atoms with van der Waals surface area (Å²) in [5.41, 5.74) is 1.04. The first kappa shape index (κ1) is 13.6. The van der Waals surface area contributed by atoms with Crippen LogP contribution in [0.2, 0.25) is 5.54 Å². The van der Waals surface area contributed by atoms with Gasteiger partial charge < -0.3 is 4.98 Å². The van der Waals surface area contributed by atoms with Gasteiger partial charge in [-0.1, -0.05) is 47.0 Å². The molecule has 2 saturated carbocycles. The van der Waals surface area contributed by atoms with Gasteiger partial charge >= 0.3 is 0 Å². The van der Waals surface area contributed by atoms with E-state index in [0.717, 1.165) is 35.3 Å². The fourth-order valence-electron chi connectivity index (χ4n) is 4.20. The molecule has 1 N–H and O–H groups in total. The van der Waals surface area contributed by atoms with Crippen LogP contribution in [0.15, 0.2) is 0 Å². The maximum atomic E-state index is 4.00. The third-order valence-corrected chi connectivity index (χ3v) is 8.86. The molecule has 17 heavy (non-hydrogen) atoms. The Labute approximate surface area is 110 Å². The summed E-state index contributed by atoms with van der Waals surface area (Å²) < 4.78 is 0. The van der Waals surface area contributed by atoms with Crippen LogP contribution in [-0.4, -0.2) is 15.7 Å². The lowest BCUT2D eigenvalue weighted by Gasteiger charge is -2.27. The standard InChI is InChI=1S/C15H31NSi/c1-10-11(2)13(4)15(12(10)3)17-16-14-8-6-5-7-9-14/h10-16H,5-9,17H2,1-4H3. The molecule has 100 valence electrons. The second-order valence-corrected chi connectivity index (χ2v) is 8.60. The summed E-state index contributed by atoms with van der Waals surface area (Å²) in [5, 5.41) is 0. The van der Waals surface area contributed by atoms with E-state index >= 15 is 0 Å². The summed E-state index contributed by atoms with van der Waals surface area (Å²) >= 11 is 0. The molecule has 4 unspecified atom stereocenters. The van der Waals surface area contributed by atoms with E-state index in [9.17, 15) is 0 Å². The van der Waals surface area contributed by atoms with Gasteiger partial charge in [0.25, 0.3) is 0 Å². The van der Waals surface area contributed by atoms with Gasteiger partial charge in [0.05, 0.1) is 9.68 Å². The summed E-state index contributed by atoms with van der Waals surface area (Å²) in [5.74, 6) is 3.80. The fraction of sp³-hybridized carbons (Fsp3) is 1.00. The molecule has 2 aliphatic carbocycles. The molecule has 2 rings (SSSR count). The average molecular weight is 254 g/mol. The number of hydrogen-bond donors (Lipinski definition) is 1. The molecule has 2 heteroatoms. The van der Waals surface area contributed by atoms with Crippen molar-refractivity contribution in [1.82, 2.24) is 4.98 Å². The molecule has 4 atom stereocenters. The minimum Gasteiger partial charge on any atom is -0.339 e. The zero-order chi connectivity index (χ0) is 12.4. The zero-order valence-electron chi connectivity index (χ0n) is 12.2. The maximum Gasteiger partial charge on any atom is 0.0955 e. The van der Waals surface area contributed by atoms with Gasteiger partial charge in [-0.25, -0.2) is 0 Å². The summed E-state index contributed by atoms with van der Waals surface area (Å²) in [7, 11) is -0.0656. The Morgan fingerprint density at radius 3 is 1.82 bits per heavy atom. The quantitative estimate of drug-likeness (QED) is 0.761. The molecule has 0 amide bonds. The predicted molar refractivity (Wildman–Crippen MR) is 79.0 cm³/mol. The van der Waals surface area contributed by atoms with Crippen molar-refractivity contribution in [3.05, 3.63) is 0 Å². The van der Waals surface area contributed by atoms with E-state index in [-0.39, 0.29) is 9.68 Å². The molecular weight excluding hydrogens is 222 g/mol. The van der Waals surface area contributed by atoms with Gasteiger partial charge in [0.15, 0.2) is 0 Å². The molecule has 0 heterocycles. The third-order valence-electron chi connectivity index (χ3n) is 6.09. The molecule has 0 radical (unpaired) electrons. The first-order valence-electron chi connectivity index (χ1n) is 7.84. The molecule has 0 aromatic heterocycles. The van der Waals surface area contributed by atoms with E-state index in [2.05, 4.69) is 32.7 Å². The molecule has 2 aliphatic rings. The van der Waals surface area contributed by atoms with E-state index in [1.807, 2.05) is 0 Å². The highest BCUT2D eigenvalue weighted by molar-refractivity contribution is 6.34. The van der Waals surface area contributed by atoms with E-state index in [4.69, 9.17) is 0 Å². The van der Waals surface area contributed by atoms with Crippen molar-refractivity contribution in [3.8, 4) is 0 Å². The summed E-state index contributed by atoms with van der Waals surface area (Å²) in [6, 6.07) is 0.890. The van der Waals surface area contributed by atoms with E-state index in [1.54, 1.807) is 0 Å². The van der Waals surface area contributed by atoms with Gasteiger partial charge in [-0.05, 0) is 48.1 Å². The van der Waals surface area contributed by atoms with Crippen molar-refractivity contribution >= 4 is 9.68 Å². The lowest BCUT2D eigenvalue weighted by atomic mass is 9.92. The number of hydrogen-bond acceptors (Lipinski definition) is 1. The lowest BCUT2D eigenvalue weighted by Crippen LogP contribution is -2.37. The Hall–Kier alpha value is 0.177. The first-order chi connectivity index (χ1) is 8.11. The predicted octanol–water partition coefficient (Wildman–Crippen LogP) is 3.34. The van der Waals surface area contributed by atoms with Crippen LogP contribution in [0.4, 0.5) is 0 Å². The molecule has 0 aromatic rings. The van der Waals surface area contributed by atoms with Crippen molar-refractivity contribution < 1.29 is 0 Å². The molecule has 0 saturated heterocycles. The SMILES string of the molecule is CC1C(C)C(C)C([SiH2]NC2CCCCC2)C1C. The average Bonchev–Trinajstić information content (AvgIpc) is 2.54. The minimum atomic E-state index is -0.0656.